The highest BCUT2D eigenvalue weighted by Gasteiger charge is 2.19. The number of halogens is 1. The van der Waals surface area contributed by atoms with E-state index in [0.29, 0.717) is 6.54 Å². The third-order valence-electron chi connectivity index (χ3n) is 3.99. The second kappa shape index (κ2) is 7.74. The van der Waals surface area contributed by atoms with E-state index in [1.165, 1.54) is 11.1 Å². The van der Waals surface area contributed by atoms with Gasteiger partial charge in [0.25, 0.3) is 0 Å². The highest BCUT2D eigenvalue weighted by atomic mass is 79.9. The maximum absolute atomic E-state index is 10.5. The Balaban J connectivity index is 2.02. The van der Waals surface area contributed by atoms with Gasteiger partial charge >= 0.3 is 0 Å². The van der Waals surface area contributed by atoms with Crippen LogP contribution in [-0.2, 0) is 6.42 Å². The molecule has 0 radical (unpaired) electrons. The summed E-state index contributed by atoms with van der Waals surface area (Å²) in [5.41, 5.74) is 9.54. The Hall–Kier alpha value is -1.16. The third kappa shape index (κ3) is 4.40. The van der Waals surface area contributed by atoms with Gasteiger partial charge in [-0.3, -0.25) is 0 Å². The normalized spacial score (nSPS) is 13.9. The van der Waals surface area contributed by atoms with Gasteiger partial charge in [-0.1, -0.05) is 52.3 Å². The van der Waals surface area contributed by atoms with Gasteiger partial charge in [-0.25, -0.2) is 0 Å². The molecule has 0 spiro atoms. The second-order valence-electron chi connectivity index (χ2n) is 5.43. The van der Waals surface area contributed by atoms with Gasteiger partial charge in [-0.15, -0.1) is 0 Å². The summed E-state index contributed by atoms with van der Waals surface area (Å²) in [5.74, 6) is -0.0119. The molecule has 0 saturated carbocycles. The molecule has 2 aromatic carbocycles. The number of aliphatic hydroxyl groups is 1. The van der Waals surface area contributed by atoms with Gasteiger partial charge in [0.1, 0.15) is 0 Å². The van der Waals surface area contributed by atoms with Crippen LogP contribution in [0.5, 0.6) is 0 Å². The molecule has 0 saturated heterocycles. The standard InChI is InChI=1S/C18H22BrNO/c1-13-4-2-3-5-14(13)8-11-18(21)17(12-20)15-6-9-16(19)10-7-15/h2-7,9-10,17-18,21H,8,11-12,20H2,1H3. The van der Waals surface area contributed by atoms with Crippen molar-refractivity contribution in [2.75, 3.05) is 6.54 Å². The number of rotatable bonds is 6. The van der Waals surface area contributed by atoms with Crippen LogP contribution in [0.3, 0.4) is 0 Å². The van der Waals surface area contributed by atoms with Crippen molar-refractivity contribution < 1.29 is 5.11 Å². The molecule has 2 nitrogen and oxygen atoms in total. The Kier molecular flexibility index (Phi) is 5.97. The molecule has 0 aliphatic carbocycles. The van der Waals surface area contributed by atoms with E-state index in [9.17, 15) is 5.11 Å². The summed E-state index contributed by atoms with van der Waals surface area (Å²) in [4.78, 5) is 0. The maximum Gasteiger partial charge on any atom is 0.0624 e. The molecule has 3 heteroatoms. The molecule has 0 aliphatic rings. The van der Waals surface area contributed by atoms with Gasteiger partial charge in [0, 0.05) is 16.9 Å². The van der Waals surface area contributed by atoms with Gasteiger partial charge in [0.2, 0.25) is 0 Å². The summed E-state index contributed by atoms with van der Waals surface area (Å²) in [6.45, 7) is 2.56. The van der Waals surface area contributed by atoms with Crippen LogP contribution in [0.15, 0.2) is 53.0 Å². The van der Waals surface area contributed by atoms with E-state index in [1.807, 2.05) is 36.4 Å². The van der Waals surface area contributed by atoms with Gasteiger partial charge in [-0.05, 0) is 48.6 Å². The summed E-state index contributed by atoms with van der Waals surface area (Å²) >= 11 is 3.43. The maximum atomic E-state index is 10.5. The van der Waals surface area contributed by atoms with Gasteiger partial charge in [0.15, 0.2) is 0 Å². The van der Waals surface area contributed by atoms with Gasteiger partial charge < -0.3 is 10.8 Å². The molecule has 2 unspecified atom stereocenters. The lowest BCUT2D eigenvalue weighted by Crippen LogP contribution is -2.26. The summed E-state index contributed by atoms with van der Waals surface area (Å²) in [6.07, 6.45) is 1.18. The first-order valence-corrected chi connectivity index (χ1v) is 8.09. The van der Waals surface area contributed by atoms with Crippen molar-refractivity contribution in [1.29, 1.82) is 0 Å². The quantitative estimate of drug-likeness (QED) is 0.834. The van der Waals surface area contributed by atoms with E-state index in [-0.39, 0.29) is 5.92 Å². The van der Waals surface area contributed by atoms with Crippen molar-refractivity contribution in [3.8, 4) is 0 Å². The van der Waals surface area contributed by atoms with Crippen molar-refractivity contribution >= 4 is 15.9 Å². The molecule has 3 N–H and O–H groups in total. The Morgan fingerprint density at radius 2 is 1.76 bits per heavy atom. The lowest BCUT2D eigenvalue weighted by atomic mass is 9.89. The summed E-state index contributed by atoms with van der Waals surface area (Å²) in [6, 6.07) is 16.4. The molecule has 0 heterocycles. The fourth-order valence-corrected chi connectivity index (χ4v) is 2.88. The van der Waals surface area contributed by atoms with Crippen LogP contribution < -0.4 is 5.73 Å². The molecule has 0 aromatic heterocycles. The molecule has 112 valence electrons. The molecule has 21 heavy (non-hydrogen) atoms. The molecular weight excluding hydrogens is 326 g/mol. The molecule has 2 atom stereocenters. The molecule has 2 rings (SSSR count). The topological polar surface area (TPSA) is 46.2 Å². The third-order valence-corrected chi connectivity index (χ3v) is 4.52. The first kappa shape index (κ1) is 16.2. The predicted molar refractivity (Wildman–Crippen MR) is 91.4 cm³/mol. The molecule has 0 fully saturated rings. The van der Waals surface area contributed by atoms with E-state index < -0.39 is 6.10 Å². The predicted octanol–water partition coefficient (Wildman–Crippen LogP) is 3.79. The largest absolute Gasteiger partial charge is 0.392 e. The van der Waals surface area contributed by atoms with Crippen LogP contribution in [0.25, 0.3) is 0 Å². The molecule has 0 aliphatic heterocycles. The molecule has 0 bridgehead atoms. The van der Waals surface area contributed by atoms with E-state index in [4.69, 9.17) is 5.73 Å². The van der Waals surface area contributed by atoms with Gasteiger partial charge in [-0.2, -0.15) is 0 Å². The molecule has 2 aromatic rings. The number of aliphatic hydroxyl groups excluding tert-OH is 1. The SMILES string of the molecule is Cc1ccccc1CCC(O)C(CN)c1ccc(Br)cc1. The summed E-state index contributed by atoms with van der Waals surface area (Å²) < 4.78 is 1.04. The number of benzene rings is 2. The van der Waals surface area contributed by atoms with Crippen LogP contribution in [0, 0.1) is 6.92 Å². The fraction of sp³-hybridized carbons (Fsp3) is 0.333. The Labute approximate surface area is 135 Å². The monoisotopic (exact) mass is 347 g/mol. The number of hydrogen-bond donors (Lipinski definition) is 2. The summed E-state index contributed by atoms with van der Waals surface area (Å²) in [5, 5.41) is 10.5. The first-order valence-electron chi connectivity index (χ1n) is 7.30. The highest BCUT2D eigenvalue weighted by Crippen LogP contribution is 2.24. The zero-order valence-corrected chi connectivity index (χ0v) is 13.9. The van der Waals surface area contributed by atoms with Crippen molar-refractivity contribution in [2.24, 2.45) is 5.73 Å². The van der Waals surface area contributed by atoms with Crippen LogP contribution in [0.2, 0.25) is 0 Å². The minimum Gasteiger partial charge on any atom is -0.392 e. The Bertz CT molecular complexity index is 568. The lowest BCUT2D eigenvalue weighted by Gasteiger charge is -2.22. The van der Waals surface area contributed by atoms with Crippen molar-refractivity contribution in [2.45, 2.75) is 31.8 Å². The van der Waals surface area contributed by atoms with Crippen LogP contribution in [-0.4, -0.2) is 17.8 Å². The zero-order valence-electron chi connectivity index (χ0n) is 12.3. The number of hydrogen-bond acceptors (Lipinski definition) is 2. The van der Waals surface area contributed by atoms with Crippen molar-refractivity contribution in [3.05, 3.63) is 69.7 Å². The molecular formula is C18H22BrNO. The van der Waals surface area contributed by atoms with Gasteiger partial charge in [0.05, 0.1) is 6.10 Å². The van der Waals surface area contributed by atoms with Crippen LogP contribution in [0.4, 0.5) is 0 Å². The first-order chi connectivity index (χ1) is 10.1. The average molecular weight is 348 g/mol. The molecule has 0 amide bonds. The van der Waals surface area contributed by atoms with E-state index >= 15 is 0 Å². The van der Waals surface area contributed by atoms with E-state index in [1.54, 1.807) is 0 Å². The lowest BCUT2D eigenvalue weighted by molar-refractivity contribution is 0.136. The van der Waals surface area contributed by atoms with Crippen LogP contribution >= 0.6 is 15.9 Å². The zero-order chi connectivity index (χ0) is 15.2. The second-order valence-corrected chi connectivity index (χ2v) is 6.34. The van der Waals surface area contributed by atoms with E-state index in [2.05, 4.69) is 35.0 Å². The Morgan fingerprint density at radius 1 is 1.10 bits per heavy atom. The number of aryl methyl sites for hydroxylation is 2. The van der Waals surface area contributed by atoms with Crippen molar-refractivity contribution in [1.82, 2.24) is 0 Å². The smallest absolute Gasteiger partial charge is 0.0624 e. The highest BCUT2D eigenvalue weighted by molar-refractivity contribution is 9.10. The Morgan fingerprint density at radius 3 is 2.38 bits per heavy atom. The minimum absolute atomic E-state index is 0.0119. The minimum atomic E-state index is -0.421. The summed E-state index contributed by atoms with van der Waals surface area (Å²) in [7, 11) is 0. The van der Waals surface area contributed by atoms with Crippen LogP contribution in [0.1, 0.15) is 29.0 Å². The van der Waals surface area contributed by atoms with Crippen molar-refractivity contribution in [3.63, 3.8) is 0 Å². The fourth-order valence-electron chi connectivity index (χ4n) is 2.62. The van der Waals surface area contributed by atoms with E-state index in [0.717, 1.165) is 22.9 Å². The average Bonchev–Trinajstić information content (AvgIpc) is 2.49. The number of nitrogens with two attached hydrogens (primary N) is 1.